The Kier molecular flexibility index (Phi) is 3.21. The van der Waals surface area contributed by atoms with Crippen LogP contribution >= 0.6 is 0 Å². The number of rotatable bonds is 4. The van der Waals surface area contributed by atoms with E-state index in [1.54, 1.807) is 5.57 Å². The van der Waals surface area contributed by atoms with E-state index in [1.807, 2.05) is 0 Å². The van der Waals surface area contributed by atoms with Crippen molar-refractivity contribution in [3.8, 4) is 0 Å². The lowest BCUT2D eigenvalue weighted by atomic mass is 9.70. The van der Waals surface area contributed by atoms with Crippen molar-refractivity contribution in [1.29, 1.82) is 0 Å². The Balaban J connectivity index is 2.00. The van der Waals surface area contributed by atoms with Gasteiger partial charge in [-0.15, -0.1) is 0 Å². The second kappa shape index (κ2) is 4.14. The molecule has 0 heteroatoms. The van der Waals surface area contributed by atoms with Crippen molar-refractivity contribution < 1.29 is 0 Å². The highest BCUT2D eigenvalue weighted by Crippen LogP contribution is 2.67. The van der Waals surface area contributed by atoms with Crippen LogP contribution in [0.4, 0.5) is 0 Å². The first kappa shape index (κ1) is 13.2. The zero-order valence-corrected chi connectivity index (χ0v) is 12.7. The highest BCUT2D eigenvalue weighted by Gasteiger charge is 2.61. The molecule has 0 saturated heterocycles. The molecule has 0 aromatic carbocycles. The van der Waals surface area contributed by atoms with Crippen molar-refractivity contribution in [3.05, 3.63) is 11.6 Å². The molecule has 0 N–H and O–H groups in total. The molecular formula is C17H30. The van der Waals surface area contributed by atoms with Crippen LogP contribution in [0.3, 0.4) is 0 Å². The van der Waals surface area contributed by atoms with Crippen LogP contribution in [0.25, 0.3) is 0 Å². The molecule has 0 aromatic heterocycles. The third kappa shape index (κ3) is 1.98. The maximum atomic E-state index is 2.54. The van der Waals surface area contributed by atoms with Crippen molar-refractivity contribution >= 4 is 0 Å². The summed E-state index contributed by atoms with van der Waals surface area (Å²) in [4.78, 5) is 0. The monoisotopic (exact) mass is 234 g/mol. The van der Waals surface area contributed by atoms with E-state index in [9.17, 15) is 0 Å². The van der Waals surface area contributed by atoms with E-state index in [0.717, 1.165) is 35.5 Å². The van der Waals surface area contributed by atoms with Gasteiger partial charge in [-0.2, -0.15) is 0 Å². The topological polar surface area (TPSA) is 0 Å². The van der Waals surface area contributed by atoms with Crippen LogP contribution in [0.2, 0.25) is 0 Å². The molecule has 2 rings (SSSR count). The first-order chi connectivity index (χ1) is 7.79. The lowest BCUT2D eigenvalue weighted by molar-refractivity contribution is 0.259. The normalized spacial score (nSPS) is 46.5. The Morgan fingerprint density at radius 3 is 2.24 bits per heavy atom. The molecule has 6 atom stereocenters. The first-order valence-corrected chi connectivity index (χ1v) is 7.47. The van der Waals surface area contributed by atoms with Crippen LogP contribution in [0.1, 0.15) is 54.9 Å². The van der Waals surface area contributed by atoms with E-state index in [0.29, 0.717) is 5.41 Å². The quantitative estimate of drug-likeness (QED) is 0.590. The van der Waals surface area contributed by atoms with Gasteiger partial charge in [0.2, 0.25) is 0 Å². The Labute approximate surface area is 108 Å². The molecule has 2 aliphatic carbocycles. The second-order valence-corrected chi connectivity index (χ2v) is 7.50. The van der Waals surface area contributed by atoms with Crippen LogP contribution in [0.5, 0.6) is 0 Å². The largest absolute Gasteiger partial charge is 0.0819 e. The molecule has 2 aliphatic rings. The van der Waals surface area contributed by atoms with Gasteiger partial charge in [0, 0.05) is 0 Å². The highest BCUT2D eigenvalue weighted by atomic mass is 14.7. The van der Waals surface area contributed by atoms with Crippen molar-refractivity contribution in [3.63, 3.8) is 0 Å². The van der Waals surface area contributed by atoms with Gasteiger partial charge in [-0.25, -0.2) is 0 Å². The molecule has 0 aromatic rings. The van der Waals surface area contributed by atoms with Crippen molar-refractivity contribution in [2.45, 2.75) is 54.9 Å². The van der Waals surface area contributed by atoms with Crippen molar-refractivity contribution in [1.82, 2.24) is 0 Å². The van der Waals surface area contributed by atoms with E-state index in [-0.39, 0.29) is 0 Å². The molecule has 1 saturated carbocycles. The second-order valence-electron chi connectivity index (χ2n) is 7.50. The predicted molar refractivity (Wildman–Crippen MR) is 75.8 cm³/mol. The summed E-state index contributed by atoms with van der Waals surface area (Å²) < 4.78 is 0. The van der Waals surface area contributed by atoms with Crippen molar-refractivity contribution in [2.75, 3.05) is 0 Å². The van der Waals surface area contributed by atoms with Crippen molar-refractivity contribution in [2.24, 2.45) is 40.9 Å². The average Bonchev–Trinajstić information content (AvgIpc) is 2.78. The zero-order chi connectivity index (χ0) is 13.0. The number of allylic oxidation sites excluding steroid dienone is 2. The van der Waals surface area contributed by atoms with E-state index >= 15 is 0 Å². The van der Waals surface area contributed by atoms with Gasteiger partial charge in [0.1, 0.15) is 0 Å². The molecule has 6 unspecified atom stereocenters. The van der Waals surface area contributed by atoms with Crippen LogP contribution < -0.4 is 0 Å². The van der Waals surface area contributed by atoms with Gasteiger partial charge in [-0.3, -0.25) is 0 Å². The van der Waals surface area contributed by atoms with E-state index in [2.05, 4.69) is 54.5 Å². The lowest BCUT2D eigenvalue weighted by Gasteiger charge is -2.35. The Morgan fingerprint density at radius 1 is 1.24 bits per heavy atom. The minimum Gasteiger partial charge on any atom is -0.0819 e. The minimum atomic E-state index is 0.623. The third-order valence-electron chi connectivity index (χ3n) is 6.25. The van der Waals surface area contributed by atoms with Crippen LogP contribution in [0, 0.1) is 40.9 Å². The maximum Gasteiger partial charge on any atom is -0.0140 e. The molecule has 1 fully saturated rings. The fourth-order valence-electron chi connectivity index (χ4n) is 4.40. The minimum absolute atomic E-state index is 0.623. The number of hydrogen-bond acceptors (Lipinski definition) is 0. The molecule has 0 aliphatic heterocycles. The van der Waals surface area contributed by atoms with E-state index in [4.69, 9.17) is 0 Å². The summed E-state index contributed by atoms with van der Waals surface area (Å²) in [5.41, 5.74) is 2.27. The summed E-state index contributed by atoms with van der Waals surface area (Å²) in [6, 6.07) is 0. The number of hydrogen-bond donors (Lipinski definition) is 0. The Morgan fingerprint density at radius 2 is 1.82 bits per heavy atom. The standard InChI is InChI=1S/C17H30/c1-10(2)13(5)16-14(6)17(16,7)9-15-11(3)8-12(15)4/h8,10-11,13-16H,9H2,1-7H3. The van der Waals surface area contributed by atoms with Gasteiger partial charge in [-0.05, 0) is 54.3 Å². The molecule has 98 valence electrons. The molecule has 0 amide bonds. The summed E-state index contributed by atoms with van der Waals surface area (Å²) in [5, 5.41) is 0. The summed E-state index contributed by atoms with van der Waals surface area (Å²) in [6.45, 7) is 17.0. The molecule has 0 nitrogen and oxygen atoms in total. The zero-order valence-electron chi connectivity index (χ0n) is 12.7. The third-order valence-corrected chi connectivity index (χ3v) is 6.25. The van der Waals surface area contributed by atoms with Gasteiger partial charge in [0.15, 0.2) is 0 Å². The fourth-order valence-corrected chi connectivity index (χ4v) is 4.40. The molecule has 0 heterocycles. The predicted octanol–water partition coefficient (Wildman–Crippen LogP) is 5.15. The smallest absolute Gasteiger partial charge is 0.0140 e. The van der Waals surface area contributed by atoms with Gasteiger partial charge in [-0.1, -0.05) is 53.2 Å². The van der Waals surface area contributed by atoms with Gasteiger partial charge in [0.25, 0.3) is 0 Å². The average molecular weight is 234 g/mol. The lowest BCUT2D eigenvalue weighted by Crippen LogP contribution is -2.25. The maximum absolute atomic E-state index is 2.54. The summed E-state index contributed by atoms with van der Waals surface area (Å²) >= 11 is 0. The molecule has 0 radical (unpaired) electrons. The molecule has 0 bridgehead atoms. The van der Waals surface area contributed by atoms with Crippen LogP contribution in [0.15, 0.2) is 11.6 Å². The van der Waals surface area contributed by atoms with Crippen LogP contribution in [-0.2, 0) is 0 Å². The first-order valence-electron chi connectivity index (χ1n) is 7.47. The Hall–Kier alpha value is -0.260. The summed E-state index contributed by atoms with van der Waals surface area (Å²) in [7, 11) is 0. The Bertz CT molecular complexity index is 325. The van der Waals surface area contributed by atoms with E-state index in [1.165, 1.54) is 6.42 Å². The summed E-state index contributed by atoms with van der Waals surface area (Å²) in [6.07, 6.45) is 3.88. The molecule has 17 heavy (non-hydrogen) atoms. The van der Waals surface area contributed by atoms with Gasteiger partial charge < -0.3 is 0 Å². The fraction of sp³-hybridized carbons (Fsp3) is 0.882. The summed E-state index contributed by atoms with van der Waals surface area (Å²) in [5.74, 6) is 5.32. The molecule has 0 spiro atoms. The van der Waals surface area contributed by atoms with E-state index < -0.39 is 0 Å². The SMILES string of the molecule is CC1=CC(C)C1CC1(C)C(C)C1C(C)C(C)C. The highest BCUT2D eigenvalue weighted by molar-refractivity contribution is 5.22. The van der Waals surface area contributed by atoms with Gasteiger partial charge in [0.05, 0.1) is 0 Å². The molecular weight excluding hydrogens is 204 g/mol. The van der Waals surface area contributed by atoms with Crippen LogP contribution in [-0.4, -0.2) is 0 Å². The van der Waals surface area contributed by atoms with Gasteiger partial charge >= 0.3 is 0 Å².